The van der Waals surface area contributed by atoms with E-state index in [1.807, 2.05) is 32.9 Å². The number of piperidine rings is 1. The second-order valence-electron chi connectivity index (χ2n) is 5.09. The average Bonchev–Trinajstić information content (AvgIpc) is 2.88. The lowest BCUT2D eigenvalue weighted by molar-refractivity contribution is -0.140. The molecule has 3 fully saturated rings. The molecule has 3 aliphatic heterocycles. The molecular formula is C16H29NO2. The summed E-state index contributed by atoms with van der Waals surface area (Å²) in [6.07, 6.45) is 11.0. The van der Waals surface area contributed by atoms with Crippen molar-refractivity contribution in [2.75, 3.05) is 7.11 Å². The SMILES string of the molecule is C/C=C\CCCC(=O)OC.C1CC2C3CC1N23.CC. The molecule has 0 radical (unpaired) electrons. The van der Waals surface area contributed by atoms with E-state index >= 15 is 0 Å². The van der Waals surface area contributed by atoms with Gasteiger partial charge in [-0.3, -0.25) is 9.69 Å². The van der Waals surface area contributed by atoms with Crippen LogP contribution >= 0.6 is 0 Å². The third-order valence-electron chi connectivity index (χ3n) is 4.07. The minimum Gasteiger partial charge on any atom is -0.469 e. The predicted octanol–water partition coefficient (Wildman–Crippen LogP) is 3.54. The van der Waals surface area contributed by atoms with Gasteiger partial charge in [-0.25, -0.2) is 0 Å². The van der Waals surface area contributed by atoms with Crippen molar-refractivity contribution in [3.05, 3.63) is 12.2 Å². The molecule has 0 aromatic heterocycles. The Bertz CT molecular complexity index is 288. The van der Waals surface area contributed by atoms with Crippen LogP contribution in [0.2, 0.25) is 0 Å². The van der Waals surface area contributed by atoms with E-state index in [1.54, 1.807) is 6.42 Å². The number of hydrogen-bond donors (Lipinski definition) is 0. The van der Waals surface area contributed by atoms with Gasteiger partial charge in [0.2, 0.25) is 0 Å². The number of carbonyl (C=O) groups excluding carboxylic acids is 1. The molecule has 3 heterocycles. The Kier molecular flexibility index (Phi) is 7.14. The first kappa shape index (κ1) is 16.2. The summed E-state index contributed by atoms with van der Waals surface area (Å²) < 4.78 is 4.47. The molecular weight excluding hydrogens is 238 g/mol. The molecule has 0 aliphatic carbocycles. The van der Waals surface area contributed by atoms with Gasteiger partial charge in [-0.1, -0.05) is 26.0 Å². The third kappa shape index (κ3) is 4.34. The van der Waals surface area contributed by atoms with Crippen molar-refractivity contribution < 1.29 is 9.53 Å². The first-order chi connectivity index (χ1) is 9.27. The van der Waals surface area contributed by atoms with Crippen molar-refractivity contribution in [3.63, 3.8) is 0 Å². The molecule has 0 spiro atoms. The van der Waals surface area contributed by atoms with Gasteiger partial charge in [0.1, 0.15) is 0 Å². The number of hydrogen-bond acceptors (Lipinski definition) is 3. The molecule has 19 heavy (non-hydrogen) atoms. The summed E-state index contributed by atoms with van der Waals surface area (Å²) >= 11 is 0. The largest absolute Gasteiger partial charge is 0.469 e. The maximum Gasteiger partial charge on any atom is 0.305 e. The lowest BCUT2D eigenvalue weighted by atomic mass is 9.95. The molecule has 0 amide bonds. The monoisotopic (exact) mass is 267 g/mol. The zero-order valence-corrected chi connectivity index (χ0v) is 12.9. The topological polar surface area (TPSA) is 29.3 Å². The quantitative estimate of drug-likeness (QED) is 0.338. The first-order valence-electron chi connectivity index (χ1n) is 7.73. The summed E-state index contributed by atoms with van der Waals surface area (Å²) in [6.45, 7) is 5.97. The van der Waals surface area contributed by atoms with Crippen LogP contribution < -0.4 is 0 Å². The zero-order chi connectivity index (χ0) is 14.3. The molecule has 3 saturated heterocycles. The van der Waals surface area contributed by atoms with E-state index in [4.69, 9.17) is 0 Å². The Hall–Kier alpha value is -0.830. The summed E-state index contributed by atoms with van der Waals surface area (Å²) in [5.74, 6) is -0.121. The van der Waals surface area contributed by atoms with E-state index in [2.05, 4.69) is 9.64 Å². The van der Waals surface area contributed by atoms with Crippen LogP contribution in [0.25, 0.3) is 0 Å². The number of allylic oxidation sites excluding steroid dienone is 2. The number of carbonyl (C=O) groups is 1. The van der Waals surface area contributed by atoms with E-state index in [1.165, 1.54) is 20.0 Å². The summed E-state index contributed by atoms with van der Waals surface area (Å²) in [6, 6.07) is 3.25. The summed E-state index contributed by atoms with van der Waals surface area (Å²) in [4.78, 5) is 13.2. The molecule has 0 saturated carbocycles. The van der Waals surface area contributed by atoms with Crippen molar-refractivity contribution in [2.45, 2.75) is 77.4 Å². The van der Waals surface area contributed by atoms with E-state index in [0.29, 0.717) is 6.42 Å². The molecule has 3 nitrogen and oxygen atoms in total. The number of nitrogens with zero attached hydrogens (tertiary/aromatic N) is 1. The van der Waals surface area contributed by atoms with Gasteiger partial charge in [0.15, 0.2) is 0 Å². The molecule has 3 rings (SSSR count). The van der Waals surface area contributed by atoms with Crippen LogP contribution in [-0.2, 0) is 9.53 Å². The smallest absolute Gasteiger partial charge is 0.305 e. The van der Waals surface area contributed by atoms with Crippen LogP contribution in [0.1, 0.15) is 59.3 Å². The van der Waals surface area contributed by atoms with Crippen LogP contribution in [-0.4, -0.2) is 36.1 Å². The van der Waals surface area contributed by atoms with Gasteiger partial charge in [0, 0.05) is 24.5 Å². The van der Waals surface area contributed by atoms with Gasteiger partial charge in [-0.05, 0) is 39.0 Å². The number of ether oxygens (including phenoxy) is 1. The summed E-state index contributed by atoms with van der Waals surface area (Å²) in [5.41, 5.74) is 0. The highest BCUT2D eigenvalue weighted by atomic mass is 16.5. The Morgan fingerprint density at radius 1 is 1.32 bits per heavy atom. The number of fused-ring (bicyclic) bond motifs is 1. The molecule has 4 atom stereocenters. The molecule has 3 aliphatic rings. The van der Waals surface area contributed by atoms with E-state index < -0.39 is 0 Å². The lowest BCUT2D eigenvalue weighted by Gasteiger charge is -2.24. The fourth-order valence-electron chi connectivity index (χ4n) is 3.04. The van der Waals surface area contributed by atoms with Crippen LogP contribution in [0.3, 0.4) is 0 Å². The van der Waals surface area contributed by atoms with E-state index in [0.717, 1.165) is 31.0 Å². The van der Waals surface area contributed by atoms with E-state index in [-0.39, 0.29) is 5.97 Å². The Balaban J connectivity index is 0.000000172. The lowest BCUT2D eigenvalue weighted by Crippen LogP contribution is -2.31. The molecule has 0 bridgehead atoms. The third-order valence-corrected chi connectivity index (χ3v) is 4.07. The van der Waals surface area contributed by atoms with E-state index in [9.17, 15) is 4.79 Å². The number of rotatable bonds is 4. The normalized spacial score (nSPS) is 32.2. The molecule has 0 aromatic carbocycles. The Labute approximate surface area is 118 Å². The van der Waals surface area contributed by atoms with Gasteiger partial charge < -0.3 is 4.74 Å². The van der Waals surface area contributed by atoms with Crippen molar-refractivity contribution >= 4 is 5.97 Å². The van der Waals surface area contributed by atoms with Crippen LogP contribution in [0, 0.1) is 0 Å². The second kappa shape index (κ2) is 8.36. The maximum absolute atomic E-state index is 10.5. The van der Waals surface area contributed by atoms with Gasteiger partial charge in [-0.15, -0.1) is 0 Å². The molecule has 3 heteroatoms. The van der Waals surface area contributed by atoms with Crippen molar-refractivity contribution in [1.82, 2.24) is 4.90 Å². The average molecular weight is 267 g/mol. The highest BCUT2D eigenvalue weighted by Crippen LogP contribution is 2.55. The Morgan fingerprint density at radius 2 is 2.05 bits per heavy atom. The van der Waals surface area contributed by atoms with Crippen molar-refractivity contribution in [3.8, 4) is 0 Å². The first-order valence-corrected chi connectivity index (χ1v) is 7.73. The van der Waals surface area contributed by atoms with Gasteiger partial charge in [0.25, 0.3) is 0 Å². The number of methoxy groups -OCH3 is 1. The van der Waals surface area contributed by atoms with Gasteiger partial charge >= 0.3 is 5.97 Å². The fourth-order valence-corrected chi connectivity index (χ4v) is 3.04. The van der Waals surface area contributed by atoms with Crippen LogP contribution in [0.4, 0.5) is 0 Å². The number of esters is 1. The maximum atomic E-state index is 10.5. The molecule has 110 valence electrons. The van der Waals surface area contributed by atoms with Crippen molar-refractivity contribution in [2.24, 2.45) is 0 Å². The highest BCUT2D eigenvalue weighted by molar-refractivity contribution is 5.68. The number of unbranched alkanes of at least 4 members (excludes halogenated alkanes) is 1. The van der Waals surface area contributed by atoms with Gasteiger partial charge in [-0.2, -0.15) is 0 Å². The fraction of sp³-hybridized carbons (Fsp3) is 0.812. The van der Waals surface area contributed by atoms with Crippen LogP contribution in [0.15, 0.2) is 12.2 Å². The predicted molar refractivity (Wildman–Crippen MR) is 79.1 cm³/mol. The van der Waals surface area contributed by atoms with Crippen molar-refractivity contribution in [1.29, 1.82) is 0 Å². The van der Waals surface area contributed by atoms with Crippen LogP contribution in [0.5, 0.6) is 0 Å². The zero-order valence-electron chi connectivity index (χ0n) is 12.9. The molecule has 0 N–H and O–H groups in total. The second-order valence-corrected chi connectivity index (χ2v) is 5.09. The Morgan fingerprint density at radius 3 is 2.37 bits per heavy atom. The highest BCUT2D eigenvalue weighted by Gasteiger charge is 2.63. The molecule has 4 unspecified atom stereocenters. The minimum atomic E-state index is -0.121. The standard InChI is InChI=1S/C8H14O2.C6H9N.C2H6/c1-3-4-5-6-7-8(9)10-2;1-2-5-6-3-4(1)7(5)6;1-2/h3-4H,5-7H2,1-2H3;4-6H,1-3H2;1-2H3/b4-3-;;. The minimum absolute atomic E-state index is 0.121. The summed E-state index contributed by atoms with van der Waals surface area (Å²) in [7, 11) is 1.41. The summed E-state index contributed by atoms with van der Waals surface area (Å²) in [5, 5.41) is 0. The molecule has 0 aromatic rings. The van der Waals surface area contributed by atoms with Gasteiger partial charge in [0.05, 0.1) is 7.11 Å².